The second-order valence-electron chi connectivity index (χ2n) is 5.39. The molecule has 0 fully saturated rings. The van der Waals surface area contributed by atoms with Crippen LogP contribution in [-0.4, -0.2) is 35.6 Å². The summed E-state index contributed by atoms with van der Waals surface area (Å²) in [5.74, 6) is 0.360. The first kappa shape index (κ1) is 18.6. The Bertz CT molecular complexity index is 744. The first-order chi connectivity index (χ1) is 12.1. The molecule has 0 aliphatic rings. The Morgan fingerprint density at radius 1 is 1.12 bits per heavy atom. The highest BCUT2D eigenvalue weighted by molar-refractivity contribution is 7.98. The Labute approximate surface area is 151 Å². The van der Waals surface area contributed by atoms with E-state index in [2.05, 4.69) is 5.32 Å². The number of nitriles is 1. The Kier molecular flexibility index (Phi) is 7.05. The number of amides is 2. The molecule has 0 saturated carbocycles. The molecule has 0 saturated heterocycles. The molecule has 0 aromatic heterocycles. The lowest BCUT2D eigenvalue weighted by molar-refractivity contribution is -0.128. The summed E-state index contributed by atoms with van der Waals surface area (Å²) >= 11 is 1.54. The van der Waals surface area contributed by atoms with Crippen molar-refractivity contribution in [2.45, 2.75) is 11.8 Å². The Balaban J connectivity index is 2.01. The number of nitrogens with zero attached hydrogens (tertiary/aromatic N) is 2. The van der Waals surface area contributed by atoms with Crippen molar-refractivity contribution in [1.29, 1.82) is 5.26 Å². The average Bonchev–Trinajstić information content (AvgIpc) is 2.67. The lowest BCUT2D eigenvalue weighted by Crippen LogP contribution is -2.47. The molecular weight excluding hydrogens is 334 g/mol. The summed E-state index contributed by atoms with van der Waals surface area (Å²) in [6.45, 7) is 0. The number of nitrogens with one attached hydrogen (secondary N) is 1. The topological polar surface area (TPSA) is 73.2 Å². The van der Waals surface area contributed by atoms with Gasteiger partial charge in [-0.1, -0.05) is 48.5 Å². The minimum absolute atomic E-state index is 0.328. The van der Waals surface area contributed by atoms with E-state index in [0.29, 0.717) is 11.3 Å². The summed E-state index contributed by atoms with van der Waals surface area (Å²) in [6.07, 6.45) is 1.79. The molecule has 0 bridgehead atoms. The molecule has 0 radical (unpaired) electrons. The van der Waals surface area contributed by atoms with E-state index in [1.807, 2.05) is 36.4 Å². The van der Waals surface area contributed by atoms with E-state index >= 15 is 0 Å². The van der Waals surface area contributed by atoms with E-state index in [0.717, 1.165) is 16.2 Å². The predicted octanol–water partition coefficient (Wildman–Crippen LogP) is 2.66. The maximum absolute atomic E-state index is 12.4. The molecule has 0 aliphatic heterocycles. The molecule has 6 heteroatoms. The van der Waals surface area contributed by atoms with Gasteiger partial charge < -0.3 is 5.32 Å². The standard InChI is InChI=1S/C19H19N3O2S/c1-22(14-20)19(24)17(13-25-12-15-8-4-2-5-9-15)21-18(23)16-10-6-3-7-11-16/h2-11,17H,12-13H2,1H3,(H,21,23)/t17-/m0/s1. The highest BCUT2D eigenvalue weighted by Gasteiger charge is 2.24. The van der Waals surface area contributed by atoms with Crippen LogP contribution in [0, 0.1) is 11.5 Å². The Hall–Kier alpha value is -2.78. The maximum atomic E-state index is 12.4. The fourth-order valence-electron chi connectivity index (χ4n) is 2.16. The molecule has 0 heterocycles. The minimum atomic E-state index is -0.758. The van der Waals surface area contributed by atoms with Gasteiger partial charge in [-0.3, -0.25) is 14.5 Å². The van der Waals surface area contributed by atoms with Gasteiger partial charge in [0.1, 0.15) is 6.04 Å². The molecule has 0 spiro atoms. The van der Waals surface area contributed by atoms with Crippen molar-refractivity contribution in [2.24, 2.45) is 0 Å². The van der Waals surface area contributed by atoms with Crippen LogP contribution in [0.25, 0.3) is 0 Å². The van der Waals surface area contributed by atoms with Crippen LogP contribution in [0.15, 0.2) is 60.7 Å². The molecule has 1 N–H and O–H groups in total. The van der Waals surface area contributed by atoms with Crippen LogP contribution in [-0.2, 0) is 10.5 Å². The summed E-state index contributed by atoms with van der Waals surface area (Å²) in [6, 6.07) is 17.8. The highest BCUT2D eigenvalue weighted by Crippen LogP contribution is 2.14. The van der Waals surface area contributed by atoms with E-state index in [1.54, 1.807) is 30.5 Å². The molecule has 2 rings (SSSR count). The van der Waals surface area contributed by atoms with Crippen molar-refractivity contribution < 1.29 is 9.59 Å². The summed E-state index contributed by atoms with van der Waals surface area (Å²) in [5, 5.41) is 11.7. The van der Waals surface area contributed by atoms with E-state index < -0.39 is 11.9 Å². The third-order valence-corrected chi connectivity index (χ3v) is 4.62. The molecule has 5 nitrogen and oxygen atoms in total. The smallest absolute Gasteiger partial charge is 0.258 e. The summed E-state index contributed by atoms with van der Waals surface area (Å²) in [4.78, 5) is 25.6. The molecule has 2 aromatic carbocycles. The van der Waals surface area contributed by atoms with Crippen LogP contribution in [0.2, 0.25) is 0 Å². The Morgan fingerprint density at radius 3 is 2.32 bits per heavy atom. The van der Waals surface area contributed by atoms with Crippen LogP contribution < -0.4 is 5.32 Å². The van der Waals surface area contributed by atoms with Crippen LogP contribution in [0.1, 0.15) is 15.9 Å². The van der Waals surface area contributed by atoms with Crippen LogP contribution >= 0.6 is 11.8 Å². The van der Waals surface area contributed by atoms with Crippen molar-refractivity contribution >= 4 is 23.6 Å². The quantitative estimate of drug-likeness (QED) is 0.613. The number of rotatable bonds is 7. The molecule has 25 heavy (non-hydrogen) atoms. The maximum Gasteiger partial charge on any atom is 0.258 e. The predicted molar refractivity (Wildman–Crippen MR) is 98.7 cm³/mol. The Morgan fingerprint density at radius 2 is 1.72 bits per heavy atom. The molecule has 0 aliphatic carbocycles. The summed E-state index contributed by atoms with van der Waals surface area (Å²) in [7, 11) is 1.39. The van der Waals surface area contributed by atoms with E-state index in [4.69, 9.17) is 5.26 Å². The third-order valence-electron chi connectivity index (χ3n) is 3.52. The SMILES string of the molecule is CN(C#N)C(=O)[C@H](CSCc1ccccc1)NC(=O)c1ccccc1. The van der Waals surface area contributed by atoms with Crippen molar-refractivity contribution in [3.8, 4) is 6.19 Å². The van der Waals surface area contributed by atoms with Gasteiger partial charge in [-0.15, -0.1) is 0 Å². The van der Waals surface area contributed by atoms with Crippen LogP contribution in [0.4, 0.5) is 0 Å². The van der Waals surface area contributed by atoms with Crippen LogP contribution in [0.5, 0.6) is 0 Å². The fraction of sp³-hybridized carbons (Fsp3) is 0.211. The molecule has 128 valence electrons. The second kappa shape index (κ2) is 9.50. The fourth-order valence-corrected chi connectivity index (χ4v) is 3.17. The van der Waals surface area contributed by atoms with Gasteiger partial charge in [0.2, 0.25) is 0 Å². The van der Waals surface area contributed by atoms with Crippen LogP contribution in [0.3, 0.4) is 0 Å². The molecule has 0 unspecified atom stereocenters. The zero-order valence-electron chi connectivity index (χ0n) is 13.9. The van der Waals surface area contributed by atoms with Gasteiger partial charge >= 0.3 is 0 Å². The number of likely N-dealkylation sites (N-methyl/N-ethyl adjacent to an activating group) is 1. The van der Waals surface area contributed by atoms with Crippen molar-refractivity contribution in [3.05, 3.63) is 71.8 Å². The number of hydrogen-bond donors (Lipinski definition) is 1. The normalized spacial score (nSPS) is 11.2. The van der Waals surface area contributed by atoms with Gasteiger partial charge in [0.25, 0.3) is 11.8 Å². The molecule has 1 atom stereocenters. The third kappa shape index (κ3) is 5.66. The first-order valence-electron chi connectivity index (χ1n) is 7.76. The largest absolute Gasteiger partial charge is 0.339 e. The lowest BCUT2D eigenvalue weighted by atomic mass is 10.2. The van der Waals surface area contributed by atoms with Gasteiger partial charge in [0.15, 0.2) is 6.19 Å². The molecule has 2 aromatic rings. The van der Waals surface area contributed by atoms with Gasteiger partial charge in [0, 0.05) is 24.1 Å². The van der Waals surface area contributed by atoms with Gasteiger partial charge in [-0.05, 0) is 17.7 Å². The van der Waals surface area contributed by atoms with Crippen molar-refractivity contribution in [1.82, 2.24) is 10.2 Å². The summed E-state index contributed by atoms with van der Waals surface area (Å²) < 4.78 is 0. The van der Waals surface area contributed by atoms with Gasteiger partial charge in [0.05, 0.1) is 0 Å². The molecular formula is C19H19N3O2S. The van der Waals surface area contributed by atoms with Crippen molar-refractivity contribution in [3.63, 3.8) is 0 Å². The van der Waals surface area contributed by atoms with E-state index in [9.17, 15) is 9.59 Å². The number of carbonyl (C=O) groups excluding carboxylic acids is 2. The highest BCUT2D eigenvalue weighted by atomic mass is 32.2. The number of hydrogen-bond acceptors (Lipinski definition) is 4. The number of carbonyl (C=O) groups is 2. The van der Waals surface area contributed by atoms with Gasteiger partial charge in [-0.2, -0.15) is 17.0 Å². The first-order valence-corrected chi connectivity index (χ1v) is 8.92. The second-order valence-corrected chi connectivity index (χ2v) is 6.42. The number of thioether (sulfide) groups is 1. The van der Waals surface area contributed by atoms with E-state index in [-0.39, 0.29) is 5.91 Å². The number of benzene rings is 2. The van der Waals surface area contributed by atoms with E-state index in [1.165, 1.54) is 18.8 Å². The zero-order valence-corrected chi connectivity index (χ0v) is 14.7. The zero-order chi connectivity index (χ0) is 18.1. The summed E-state index contributed by atoms with van der Waals surface area (Å²) in [5.41, 5.74) is 1.62. The lowest BCUT2D eigenvalue weighted by Gasteiger charge is -2.20. The minimum Gasteiger partial charge on any atom is -0.339 e. The average molecular weight is 353 g/mol. The van der Waals surface area contributed by atoms with Gasteiger partial charge in [-0.25, -0.2) is 0 Å². The molecule has 2 amide bonds. The monoisotopic (exact) mass is 353 g/mol. The van der Waals surface area contributed by atoms with Crippen molar-refractivity contribution in [2.75, 3.05) is 12.8 Å².